The number of esters is 3. The van der Waals surface area contributed by atoms with Gasteiger partial charge in [0.05, 0.1) is 37.1 Å². The van der Waals surface area contributed by atoms with E-state index in [4.69, 9.17) is 47.4 Å². The number of cyclic esters (lactones) is 2. The summed E-state index contributed by atoms with van der Waals surface area (Å²) in [6.07, 6.45) is 8.69. The number of rotatable bonds is 18. The van der Waals surface area contributed by atoms with Crippen LogP contribution in [0.1, 0.15) is 153 Å². The number of ketones is 2. The number of aliphatic hydroxyl groups excluding tert-OH is 2. The van der Waals surface area contributed by atoms with E-state index in [0.29, 0.717) is 57.8 Å². The van der Waals surface area contributed by atoms with Gasteiger partial charge < -0.3 is 77.5 Å². The zero-order valence-electron chi connectivity index (χ0n) is 57.3. The molecule has 4 heterocycles. The molecule has 0 aromatic carbocycles. The van der Waals surface area contributed by atoms with Crippen molar-refractivity contribution < 1.29 is 91.1 Å². The molecule has 0 aromatic heterocycles. The van der Waals surface area contributed by atoms with Crippen LogP contribution in [0.5, 0.6) is 0 Å². The second-order valence-corrected chi connectivity index (χ2v) is 25.8. The number of aliphatic hydroxyl groups is 2. The Balaban J connectivity index is 0.000000471. The van der Waals surface area contributed by atoms with Gasteiger partial charge in [-0.05, 0) is 143 Å². The number of ether oxygens (including phenoxy) is 10. The number of carbonyl (C=O) groups is 7. The Morgan fingerprint density at radius 2 is 1.16 bits per heavy atom. The predicted molar refractivity (Wildman–Crippen MR) is 339 cm³/mol. The maximum Gasteiger partial charge on any atom is 0.406 e. The highest BCUT2D eigenvalue weighted by atomic mass is 16.7. The van der Waals surface area contributed by atoms with E-state index < -0.39 is 91.3 Å². The van der Waals surface area contributed by atoms with Crippen LogP contribution < -0.4 is 5.32 Å². The van der Waals surface area contributed by atoms with Gasteiger partial charge in [-0.15, -0.1) is 0 Å². The van der Waals surface area contributed by atoms with E-state index in [2.05, 4.69) is 5.32 Å². The van der Waals surface area contributed by atoms with Crippen LogP contribution in [0.4, 0.5) is 4.79 Å². The number of likely N-dealkylation sites (N-methyl/N-ethyl adjacent to an activating group) is 2. The number of carbonyl (C=O) groups excluding carboxylic acids is 7. The summed E-state index contributed by atoms with van der Waals surface area (Å²) in [5.74, 6) is -3.99. The van der Waals surface area contributed by atoms with Crippen molar-refractivity contribution in [1.29, 1.82) is 0 Å². The maximum atomic E-state index is 13.4. The van der Waals surface area contributed by atoms with Crippen LogP contribution in [-0.4, -0.2) is 204 Å². The van der Waals surface area contributed by atoms with Gasteiger partial charge in [-0.1, -0.05) is 77.0 Å². The summed E-state index contributed by atoms with van der Waals surface area (Å²) in [7, 11) is 12.3. The van der Waals surface area contributed by atoms with Crippen molar-refractivity contribution in [3.63, 3.8) is 0 Å². The normalized spacial score (nSPS) is 36.2. The molecule has 0 bridgehead atoms. The van der Waals surface area contributed by atoms with Crippen molar-refractivity contribution in [2.45, 2.75) is 233 Å². The van der Waals surface area contributed by atoms with E-state index in [1.54, 1.807) is 32.4 Å². The van der Waals surface area contributed by atoms with Crippen molar-refractivity contribution in [2.75, 3.05) is 62.7 Å². The Kier molecular flexibility index (Phi) is 35.7. The molecular weight excluding hydrogens is 1160 g/mol. The zero-order chi connectivity index (χ0) is 67.5. The first-order valence-corrected chi connectivity index (χ1v) is 32.5. The highest BCUT2D eigenvalue weighted by molar-refractivity contribution is 5.92. The Hall–Kier alpha value is -4.75. The Morgan fingerprint density at radius 1 is 0.689 bits per heavy atom. The number of amides is 1. The number of methoxy groups -OCH3 is 2. The molecule has 8 unspecified atom stereocenters. The average molecular weight is 1280 g/mol. The summed E-state index contributed by atoms with van der Waals surface area (Å²) in [6.45, 7) is 20.2. The molecule has 4 rings (SSSR count). The number of nitrogens with zero attached hydrogens (tertiary/aromatic N) is 2. The van der Waals surface area contributed by atoms with Crippen LogP contribution in [0.25, 0.3) is 0 Å². The molecule has 22 nitrogen and oxygen atoms in total. The van der Waals surface area contributed by atoms with Gasteiger partial charge in [0.15, 0.2) is 36.5 Å². The van der Waals surface area contributed by atoms with Crippen LogP contribution in [0.15, 0.2) is 47.6 Å². The van der Waals surface area contributed by atoms with Crippen LogP contribution in [0.3, 0.4) is 0 Å². The van der Waals surface area contributed by atoms with Crippen LogP contribution in [0.2, 0.25) is 0 Å². The molecule has 3 N–H and O–H groups in total. The molecule has 90 heavy (non-hydrogen) atoms. The van der Waals surface area contributed by atoms with E-state index in [1.165, 1.54) is 20.0 Å². The Labute approximate surface area is 536 Å². The van der Waals surface area contributed by atoms with Crippen molar-refractivity contribution in [3.05, 3.63) is 47.6 Å². The first-order valence-electron chi connectivity index (χ1n) is 32.5. The van der Waals surface area contributed by atoms with Crippen molar-refractivity contribution in [1.82, 2.24) is 15.1 Å². The molecular formula is C68H113N3O19. The van der Waals surface area contributed by atoms with Crippen molar-refractivity contribution in [2.24, 2.45) is 47.3 Å². The molecule has 22 heteroatoms. The molecule has 514 valence electrons. The topological polar surface area (TPSA) is 271 Å². The fraction of sp³-hybridized carbons (Fsp3) is 0.779. The fourth-order valence-corrected chi connectivity index (χ4v) is 12.6. The van der Waals surface area contributed by atoms with Gasteiger partial charge in [0.1, 0.15) is 31.2 Å². The van der Waals surface area contributed by atoms with Gasteiger partial charge in [-0.3, -0.25) is 24.0 Å². The molecule has 2 saturated heterocycles. The fourth-order valence-electron chi connectivity index (χ4n) is 12.6. The van der Waals surface area contributed by atoms with Crippen LogP contribution >= 0.6 is 0 Å². The first kappa shape index (κ1) is 79.5. The van der Waals surface area contributed by atoms with E-state index in [-0.39, 0.29) is 104 Å². The molecule has 1 amide bonds. The largest absolute Gasteiger partial charge is 0.462 e. The summed E-state index contributed by atoms with van der Waals surface area (Å²) in [4.78, 5) is 92.8. The molecule has 2 fully saturated rings. The quantitative estimate of drug-likeness (QED) is 0.0504. The number of alkyl carbamates (subject to hydrolysis) is 1. The summed E-state index contributed by atoms with van der Waals surface area (Å²) >= 11 is 0. The highest BCUT2D eigenvalue weighted by Gasteiger charge is 2.46. The third kappa shape index (κ3) is 26.0. The third-order valence-corrected chi connectivity index (χ3v) is 17.9. The standard InChI is InChI=1S/C35H59NO10.C33H54N2O9/c1-11-30-27(20-37)16-21(2)12-14-29(39)23(4)17-26(19-32(41-9)42-10)33(22(3)13-15-31(40)45-30)46-35-34(44-25(6)38)28(36(7)8)18-24(5)43-35;1-9-28-25(19-41-33(40)34-6)16-20(2)10-12-27(37)22(4)17-24(14-15-36)31(21(3)11-13-29(38)43-28)44-32-30(39)26(35(7)8)18-23(5)42-32/h12,14,16,22-24,26-28,30,32-35,37H,11,13,15,17-20H2,1-10H3;10,12,15-16,21-26,28,30-32,39H,9,11,13-14,17-19H2,1-8H3,(H,34,40)/b14-12+,21-16+;12-10+,20-16+/t22-,23+,24?,26+,27+,28?,30+,33+,34?,35?;21-,22+,23?,24-,25+,26?,28+,30?,31+,32?/m00/s1. The lowest BCUT2D eigenvalue weighted by Crippen LogP contribution is -2.57. The van der Waals surface area contributed by atoms with Crippen molar-refractivity contribution in [3.8, 4) is 0 Å². The summed E-state index contributed by atoms with van der Waals surface area (Å²) in [5.41, 5.74) is 1.55. The lowest BCUT2D eigenvalue weighted by atomic mass is 9.80. The van der Waals surface area contributed by atoms with E-state index in [9.17, 15) is 43.8 Å². The lowest BCUT2D eigenvalue weighted by Gasteiger charge is -2.45. The number of allylic oxidation sites excluding steroid dienone is 6. The number of hydrogen-bond donors (Lipinski definition) is 3. The minimum absolute atomic E-state index is 0.00321. The van der Waals surface area contributed by atoms with Crippen molar-refractivity contribution >= 4 is 41.9 Å². The molecule has 0 aromatic rings. The lowest BCUT2D eigenvalue weighted by molar-refractivity contribution is -0.286. The SMILES string of the molecule is CC[C@H]1OC(=O)CC[C@H](C)[C@@H](OC2OC(C)CC(N(C)C)C2O)[C@@H](CC=O)C[C@@H](C)C(=O)/C=C/C(C)=C/[C@@H]1COC(=O)NC.CC[C@H]1OC(=O)CC[C@H](C)[C@@H](OC2OC(C)CC(N(C)C)C2OC(C)=O)[C@@H](CC(OC)OC)C[C@@H](C)C(=O)/C=C/C(C)=C/[C@@H]1CO. The van der Waals surface area contributed by atoms with Gasteiger partial charge in [-0.25, -0.2) is 4.79 Å². The highest BCUT2D eigenvalue weighted by Crippen LogP contribution is 2.38. The van der Waals surface area contributed by atoms with E-state index in [0.717, 1.165) is 17.4 Å². The van der Waals surface area contributed by atoms with Crippen LogP contribution in [0, 0.1) is 47.3 Å². The van der Waals surface area contributed by atoms with E-state index >= 15 is 0 Å². The zero-order valence-corrected chi connectivity index (χ0v) is 57.3. The average Bonchev–Trinajstić information content (AvgIpc) is 0.953. The number of hydrogen-bond acceptors (Lipinski definition) is 21. The molecule has 0 radical (unpaired) electrons. The molecule has 4 aliphatic rings. The predicted octanol–water partition coefficient (Wildman–Crippen LogP) is 8.28. The smallest absolute Gasteiger partial charge is 0.406 e. The summed E-state index contributed by atoms with van der Waals surface area (Å²) in [5, 5.41) is 23.7. The Morgan fingerprint density at radius 3 is 1.62 bits per heavy atom. The van der Waals surface area contributed by atoms with Gasteiger partial charge in [0, 0.05) is 83.6 Å². The third-order valence-electron chi connectivity index (χ3n) is 17.9. The number of nitrogens with one attached hydrogen (secondary N) is 1. The van der Waals surface area contributed by atoms with Gasteiger partial charge in [0.25, 0.3) is 0 Å². The maximum absolute atomic E-state index is 13.4. The summed E-state index contributed by atoms with van der Waals surface area (Å²) < 4.78 is 59.9. The second-order valence-electron chi connectivity index (χ2n) is 25.8. The first-order chi connectivity index (χ1) is 42.5. The number of aldehydes is 1. The van der Waals surface area contributed by atoms with Crippen LogP contribution in [-0.2, 0) is 76.1 Å². The molecule has 4 aliphatic heterocycles. The van der Waals surface area contributed by atoms with Gasteiger partial charge in [0.2, 0.25) is 0 Å². The Bertz CT molecular complexity index is 2360. The molecule has 0 aliphatic carbocycles. The minimum Gasteiger partial charge on any atom is -0.462 e. The second kappa shape index (κ2) is 40.4. The molecule has 0 saturated carbocycles. The summed E-state index contributed by atoms with van der Waals surface area (Å²) in [6, 6.07) is -0.330. The molecule has 0 spiro atoms. The molecule has 20 atom stereocenters. The van der Waals surface area contributed by atoms with Gasteiger partial charge in [-0.2, -0.15) is 0 Å². The van der Waals surface area contributed by atoms with E-state index in [1.807, 2.05) is 119 Å². The van der Waals surface area contributed by atoms with Gasteiger partial charge >= 0.3 is 24.0 Å². The monoisotopic (exact) mass is 1280 g/mol. The minimum atomic E-state index is -0.936.